The standard InChI is InChI=1S/C19H23N5S/c1-20-19(22-11-14-24-12-5-6-13-24)21-10-9-17-15-25-18(23-17)16-7-3-2-4-8-16/h2-8,12-13,15H,9-11,14H2,1H3,(H2,20,21,22). The fourth-order valence-corrected chi connectivity index (χ4v) is 3.35. The molecule has 6 heteroatoms. The van der Waals surface area contributed by atoms with Crippen molar-refractivity contribution in [2.24, 2.45) is 4.99 Å². The number of aromatic nitrogens is 2. The second kappa shape index (κ2) is 9.03. The van der Waals surface area contributed by atoms with Crippen LogP contribution in [0.25, 0.3) is 10.6 Å². The van der Waals surface area contributed by atoms with E-state index in [9.17, 15) is 0 Å². The largest absolute Gasteiger partial charge is 0.356 e. The molecule has 0 radical (unpaired) electrons. The summed E-state index contributed by atoms with van der Waals surface area (Å²) in [6.07, 6.45) is 5.00. The smallest absolute Gasteiger partial charge is 0.191 e. The predicted molar refractivity (Wildman–Crippen MR) is 105 cm³/mol. The van der Waals surface area contributed by atoms with E-state index in [4.69, 9.17) is 4.98 Å². The Kier molecular flexibility index (Phi) is 6.23. The van der Waals surface area contributed by atoms with E-state index in [-0.39, 0.29) is 0 Å². The lowest BCUT2D eigenvalue weighted by Gasteiger charge is -2.11. The average Bonchev–Trinajstić information content (AvgIpc) is 3.33. The summed E-state index contributed by atoms with van der Waals surface area (Å²) in [5.74, 6) is 0.825. The van der Waals surface area contributed by atoms with E-state index >= 15 is 0 Å². The van der Waals surface area contributed by atoms with Crippen LogP contribution in [0.3, 0.4) is 0 Å². The van der Waals surface area contributed by atoms with Crippen molar-refractivity contribution < 1.29 is 0 Å². The maximum atomic E-state index is 4.71. The van der Waals surface area contributed by atoms with E-state index in [0.717, 1.165) is 42.7 Å². The molecule has 0 amide bonds. The number of benzene rings is 1. The maximum Gasteiger partial charge on any atom is 0.191 e. The van der Waals surface area contributed by atoms with Crippen LogP contribution in [-0.4, -0.2) is 35.6 Å². The van der Waals surface area contributed by atoms with Gasteiger partial charge in [-0.2, -0.15) is 0 Å². The number of nitrogens with zero attached hydrogens (tertiary/aromatic N) is 3. The molecule has 130 valence electrons. The summed E-state index contributed by atoms with van der Waals surface area (Å²) in [6, 6.07) is 14.4. The second-order valence-corrected chi connectivity index (χ2v) is 6.46. The molecule has 0 saturated heterocycles. The first-order chi connectivity index (χ1) is 12.3. The third kappa shape index (κ3) is 5.19. The minimum absolute atomic E-state index is 0.807. The Bertz CT molecular complexity index is 777. The van der Waals surface area contributed by atoms with Gasteiger partial charge in [0.05, 0.1) is 5.69 Å². The van der Waals surface area contributed by atoms with Crippen molar-refractivity contribution in [3.8, 4) is 10.6 Å². The summed E-state index contributed by atoms with van der Waals surface area (Å²) >= 11 is 1.69. The first kappa shape index (κ1) is 17.2. The van der Waals surface area contributed by atoms with Crippen LogP contribution in [0.1, 0.15) is 5.69 Å². The monoisotopic (exact) mass is 353 g/mol. The molecule has 0 saturated carbocycles. The van der Waals surface area contributed by atoms with Crippen LogP contribution < -0.4 is 10.6 Å². The highest BCUT2D eigenvalue weighted by Crippen LogP contribution is 2.23. The highest BCUT2D eigenvalue weighted by molar-refractivity contribution is 7.13. The molecule has 2 heterocycles. The topological polar surface area (TPSA) is 54.2 Å². The maximum absolute atomic E-state index is 4.71. The molecular formula is C19H23N5S. The van der Waals surface area contributed by atoms with Crippen molar-refractivity contribution in [1.29, 1.82) is 0 Å². The van der Waals surface area contributed by atoms with Crippen LogP contribution in [0.5, 0.6) is 0 Å². The summed E-state index contributed by atoms with van der Waals surface area (Å²) in [7, 11) is 1.79. The van der Waals surface area contributed by atoms with E-state index in [1.165, 1.54) is 5.56 Å². The third-order valence-electron chi connectivity index (χ3n) is 3.80. The van der Waals surface area contributed by atoms with Gasteiger partial charge in [-0.1, -0.05) is 30.3 Å². The number of hydrogen-bond acceptors (Lipinski definition) is 3. The van der Waals surface area contributed by atoms with Gasteiger partial charge in [0.25, 0.3) is 0 Å². The third-order valence-corrected chi connectivity index (χ3v) is 4.74. The van der Waals surface area contributed by atoms with Gasteiger partial charge < -0.3 is 15.2 Å². The number of guanidine groups is 1. The number of aliphatic imine (C=N–C) groups is 1. The number of nitrogens with one attached hydrogen (secondary N) is 2. The summed E-state index contributed by atoms with van der Waals surface area (Å²) in [5, 5.41) is 9.87. The summed E-state index contributed by atoms with van der Waals surface area (Å²) in [6.45, 7) is 2.56. The van der Waals surface area contributed by atoms with E-state index in [1.54, 1.807) is 18.4 Å². The number of rotatable bonds is 7. The van der Waals surface area contributed by atoms with Gasteiger partial charge in [0, 0.05) is 56.4 Å². The lowest BCUT2D eigenvalue weighted by Crippen LogP contribution is -2.39. The van der Waals surface area contributed by atoms with E-state index in [2.05, 4.69) is 50.1 Å². The van der Waals surface area contributed by atoms with Crippen LogP contribution >= 0.6 is 11.3 Å². The second-order valence-electron chi connectivity index (χ2n) is 5.61. The fraction of sp³-hybridized carbons (Fsp3) is 0.263. The zero-order valence-corrected chi connectivity index (χ0v) is 15.2. The zero-order valence-electron chi connectivity index (χ0n) is 14.4. The summed E-state index contributed by atoms with van der Waals surface area (Å²) in [5.41, 5.74) is 2.29. The van der Waals surface area contributed by atoms with Gasteiger partial charge in [0.1, 0.15) is 5.01 Å². The molecule has 2 N–H and O–H groups in total. The minimum atomic E-state index is 0.807. The zero-order chi connectivity index (χ0) is 17.3. The van der Waals surface area contributed by atoms with Crippen LogP contribution in [0.4, 0.5) is 0 Å². The molecule has 0 fully saturated rings. The average molecular weight is 353 g/mol. The molecule has 0 spiro atoms. The van der Waals surface area contributed by atoms with Gasteiger partial charge in [-0.15, -0.1) is 11.3 Å². The van der Waals surface area contributed by atoms with Gasteiger partial charge in [-0.25, -0.2) is 4.98 Å². The summed E-state index contributed by atoms with van der Waals surface area (Å²) < 4.78 is 2.14. The molecule has 0 unspecified atom stereocenters. The fourth-order valence-electron chi connectivity index (χ4n) is 2.49. The molecule has 0 aliphatic rings. The van der Waals surface area contributed by atoms with Crippen molar-refractivity contribution >= 4 is 17.3 Å². The lowest BCUT2D eigenvalue weighted by molar-refractivity contribution is 0.664. The molecule has 25 heavy (non-hydrogen) atoms. The Morgan fingerprint density at radius 3 is 2.60 bits per heavy atom. The van der Waals surface area contributed by atoms with Crippen molar-refractivity contribution in [2.75, 3.05) is 20.1 Å². The molecule has 3 rings (SSSR count). The van der Waals surface area contributed by atoms with E-state index in [0.29, 0.717) is 0 Å². The molecule has 0 atom stereocenters. The van der Waals surface area contributed by atoms with Gasteiger partial charge in [-0.05, 0) is 12.1 Å². The number of hydrogen-bond donors (Lipinski definition) is 2. The predicted octanol–water partition coefficient (Wildman–Crippen LogP) is 3.02. The van der Waals surface area contributed by atoms with E-state index in [1.807, 2.05) is 30.3 Å². The van der Waals surface area contributed by atoms with Crippen molar-refractivity contribution in [3.63, 3.8) is 0 Å². The Labute approximate surface area is 152 Å². The molecule has 5 nitrogen and oxygen atoms in total. The highest BCUT2D eigenvalue weighted by atomic mass is 32.1. The van der Waals surface area contributed by atoms with Gasteiger partial charge >= 0.3 is 0 Å². The van der Waals surface area contributed by atoms with Crippen LogP contribution in [0.15, 0.2) is 65.2 Å². The van der Waals surface area contributed by atoms with Crippen molar-refractivity contribution in [1.82, 2.24) is 20.2 Å². The Balaban J connectivity index is 1.41. The quantitative estimate of drug-likeness (QED) is 0.507. The van der Waals surface area contributed by atoms with Crippen LogP contribution in [-0.2, 0) is 13.0 Å². The molecule has 3 aromatic rings. The molecular weight excluding hydrogens is 330 g/mol. The van der Waals surface area contributed by atoms with Crippen molar-refractivity contribution in [3.05, 3.63) is 65.9 Å². The molecule has 1 aromatic carbocycles. The van der Waals surface area contributed by atoms with Crippen LogP contribution in [0, 0.1) is 0 Å². The Hall–Kier alpha value is -2.60. The summed E-state index contributed by atoms with van der Waals surface area (Å²) in [4.78, 5) is 8.97. The van der Waals surface area contributed by atoms with Crippen molar-refractivity contribution in [2.45, 2.75) is 13.0 Å². The Morgan fingerprint density at radius 1 is 1.08 bits per heavy atom. The van der Waals surface area contributed by atoms with Gasteiger partial charge in [-0.3, -0.25) is 4.99 Å². The lowest BCUT2D eigenvalue weighted by atomic mass is 10.2. The first-order valence-electron chi connectivity index (χ1n) is 8.40. The first-order valence-corrected chi connectivity index (χ1v) is 9.28. The highest BCUT2D eigenvalue weighted by Gasteiger charge is 2.04. The molecule has 0 bridgehead atoms. The SMILES string of the molecule is CN=C(NCCc1csc(-c2ccccc2)n1)NCCn1cccc1. The Morgan fingerprint density at radius 2 is 1.84 bits per heavy atom. The normalized spacial score (nSPS) is 11.5. The molecule has 0 aliphatic carbocycles. The van der Waals surface area contributed by atoms with Gasteiger partial charge in [0.2, 0.25) is 0 Å². The minimum Gasteiger partial charge on any atom is -0.356 e. The van der Waals surface area contributed by atoms with E-state index < -0.39 is 0 Å². The molecule has 2 aromatic heterocycles. The molecule has 0 aliphatic heterocycles. The van der Waals surface area contributed by atoms with Crippen LogP contribution in [0.2, 0.25) is 0 Å². The van der Waals surface area contributed by atoms with Gasteiger partial charge in [0.15, 0.2) is 5.96 Å². The number of thiazole rings is 1.